The number of aromatic amines is 1. The van der Waals surface area contributed by atoms with Gasteiger partial charge in [0.15, 0.2) is 10.8 Å². The summed E-state index contributed by atoms with van der Waals surface area (Å²) in [6.45, 7) is 5.21. The summed E-state index contributed by atoms with van der Waals surface area (Å²) >= 11 is 1.22. The van der Waals surface area contributed by atoms with Crippen LogP contribution in [0.3, 0.4) is 0 Å². The molecule has 0 aliphatic heterocycles. The van der Waals surface area contributed by atoms with Gasteiger partial charge in [-0.25, -0.2) is 9.67 Å². The largest absolute Gasteiger partial charge is 0.343 e. The van der Waals surface area contributed by atoms with E-state index in [-0.39, 0.29) is 17.2 Å². The summed E-state index contributed by atoms with van der Waals surface area (Å²) in [6, 6.07) is 9.50. The molecule has 0 unspecified atom stereocenters. The standard InChI is InChI=1S/C17H19N5O2S/c1-3-21(4-2)14(23)11-25-17-19-15-13(16(24)20-17)10-18-22(15)12-8-6-5-7-9-12/h5-10H,3-4,11H2,1-2H3,(H,19,20,24). The second-order valence-electron chi connectivity index (χ2n) is 5.35. The molecule has 8 heteroatoms. The van der Waals surface area contributed by atoms with Gasteiger partial charge in [0.25, 0.3) is 5.56 Å². The van der Waals surface area contributed by atoms with Gasteiger partial charge >= 0.3 is 0 Å². The maximum Gasteiger partial charge on any atom is 0.262 e. The number of carbonyl (C=O) groups is 1. The van der Waals surface area contributed by atoms with Gasteiger partial charge in [0.1, 0.15) is 5.39 Å². The number of hydrogen-bond donors (Lipinski definition) is 1. The topological polar surface area (TPSA) is 83.9 Å². The molecule has 0 aliphatic rings. The zero-order chi connectivity index (χ0) is 17.8. The number of thioether (sulfide) groups is 1. The van der Waals surface area contributed by atoms with Gasteiger partial charge in [-0.3, -0.25) is 9.59 Å². The highest BCUT2D eigenvalue weighted by Gasteiger charge is 2.14. The molecule has 0 aliphatic carbocycles. The van der Waals surface area contributed by atoms with E-state index >= 15 is 0 Å². The number of rotatable bonds is 6. The van der Waals surface area contributed by atoms with E-state index in [9.17, 15) is 9.59 Å². The lowest BCUT2D eigenvalue weighted by molar-refractivity contribution is -0.127. The second kappa shape index (κ2) is 7.52. The summed E-state index contributed by atoms with van der Waals surface area (Å²) in [5, 5.41) is 5.10. The number of fused-ring (bicyclic) bond motifs is 1. The lowest BCUT2D eigenvalue weighted by Gasteiger charge is -2.17. The third kappa shape index (κ3) is 3.58. The summed E-state index contributed by atoms with van der Waals surface area (Å²) < 4.78 is 1.63. The van der Waals surface area contributed by atoms with Gasteiger partial charge < -0.3 is 9.88 Å². The van der Waals surface area contributed by atoms with Crippen molar-refractivity contribution in [3.63, 3.8) is 0 Å². The Hall–Kier alpha value is -2.61. The van der Waals surface area contributed by atoms with E-state index in [1.165, 1.54) is 18.0 Å². The molecule has 1 aromatic carbocycles. The molecule has 1 amide bonds. The van der Waals surface area contributed by atoms with E-state index in [0.29, 0.717) is 29.3 Å². The van der Waals surface area contributed by atoms with Crippen LogP contribution in [0.1, 0.15) is 13.8 Å². The molecule has 0 spiro atoms. The lowest BCUT2D eigenvalue weighted by atomic mass is 10.3. The minimum absolute atomic E-state index is 0.0225. The molecular formula is C17H19N5O2S. The first kappa shape index (κ1) is 17.2. The first-order valence-corrected chi connectivity index (χ1v) is 9.06. The van der Waals surface area contributed by atoms with Crippen LogP contribution >= 0.6 is 11.8 Å². The van der Waals surface area contributed by atoms with Crippen molar-refractivity contribution in [3.05, 3.63) is 46.9 Å². The number of amides is 1. The van der Waals surface area contributed by atoms with E-state index in [2.05, 4.69) is 15.1 Å². The molecule has 2 aromatic heterocycles. The van der Waals surface area contributed by atoms with Gasteiger partial charge in [0.05, 0.1) is 17.6 Å². The minimum atomic E-state index is -0.259. The molecule has 0 atom stereocenters. The highest BCUT2D eigenvalue weighted by Crippen LogP contribution is 2.18. The average molecular weight is 357 g/mol. The average Bonchev–Trinajstić information content (AvgIpc) is 3.06. The second-order valence-corrected chi connectivity index (χ2v) is 6.32. The van der Waals surface area contributed by atoms with Crippen LogP contribution < -0.4 is 5.56 Å². The van der Waals surface area contributed by atoms with Crippen molar-refractivity contribution in [3.8, 4) is 5.69 Å². The van der Waals surface area contributed by atoms with Gasteiger partial charge in [-0.1, -0.05) is 30.0 Å². The smallest absolute Gasteiger partial charge is 0.262 e. The van der Waals surface area contributed by atoms with Crippen molar-refractivity contribution in [2.24, 2.45) is 0 Å². The SMILES string of the molecule is CCN(CC)C(=O)CSc1nc2c(cnn2-c2ccccc2)c(=O)[nH]1. The Morgan fingerprint density at radius 2 is 1.96 bits per heavy atom. The van der Waals surface area contributed by atoms with Crippen LogP contribution in [0.2, 0.25) is 0 Å². The summed E-state index contributed by atoms with van der Waals surface area (Å²) in [5.74, 6) is 0.254. The van der Waals surface area contributed by atoms with Crippen molar-refractivity contribution in [2.75, 3.05) is 18.8 Å². The van der Waals surface area contributed by atoms with Crippen LogP contribution in [0, 0.1) is 0 Å². The summed E-state index contributed by atoms with van der Waals surface area (Å²) in [5.41, 5.74) is 1.04. The van der Waals surface area contributed by atoms with Crippen molar-refractivity contribution in [1.29, 1.82) is 0 Å². The third-order valence-corrected chi connectivity index (χ3v) is 4.72. The number of carbonyl (C=O) groups excluding carboxylic acids is 1. The summed E-state index contributed by atoms with van der Waals surface area (Å²) in [6.07, 6.45) is 1.50. The predicted molar refractivity (Wildman–Crippen MR) is 98.1 cm³/mol. The zero-order valence-corrected chi connectivity index (χ0v) is 14.9. The van der Waals surface area contributed by atoms with Gasteiger partial charge in [-0.2, -0.15) is 5.10 Å². The van der Waals surface area contributed by atoms with Gasteiger partial charge in [0, 0.05) is 13.1 Å². The number of nitrogens with zero attached hydrogens (tertiary/aromatic N) is 4. The van der Waals surface area contributed by atoms with Gasteiger partial charge in [-0.15, -0.1) is 0 Å². The summed E-state index contributed by atoms with van der Waals surface area (Å²) in [4.78, 5) is 33.4. The lowest BCUT2D eigenvalue weighted by Crippen LogP contribution is -2.32. The maximum absolute atomic E-state index is 12.3. The fourth-order valence-corrected chi connectivity index (χ4v) is 3.28. The fraction of sp³-hybridized carbons (Fsp3) is 0.294. The zero-order valence-electron chi connectivity index (χ0n) is 14.1. The van der Waals surface area contributed by atoms with E-state index in [4.69, 9.17) is 0 Å². The Kier molecular flexibility index (Phi) is 5.18. The molecule has 1 N–H and O–H groups in total. The third-order valence-electron chi connectivity index (χ3n) is 3.87. The number of benzene rings is 1. The normalized spacial score (nSPS) is 11.0. The molecule has 0 radical (unpaired) electrons. The first-order chi connectivity index (χ1) is 12.1. The van der Waals surface area contributed by atoms with Crippen molar-refractivity contribution < 1.29 is 4.79 Å². The van der Waals surface area contributed by atoms with Crippen molar-refractivity contribution in [1.82, 2.24) is 24.6 Å². The van der Waals surface area contributed by atoms with Crippen LogP contribution in [0.25, 0.3) is 16.7 Å². The molecule has 0 bridgehead atoms. The highest BCUT2D eigenvalue weighted by atomic mass is 32.2. The highest BCUT2D eigenvalue weighted by molar-refractivity contribution is 7.99. The van der Waals surface area contributed by atoms with Crippen molar-refractivity contribution >= 4 is 28.7 Å². The Labute approximate surface area is 149 Å². The van der Waals surface area contributed by atoms with E-state index in [1.807, 2.05) is 44.2 Å². The first-order valence-electron chi connectivity index (χ1n) is 8.08. The van der Waals surface area contributed by atoms with Crippen LogP contribution in [0.15, 0.2) is 46.5 Å². The molecule has 2 heterocycles. The van der Waals surface area contributed by atoms with Crippen LogP contribution in [-0.4, -0.2) is 49.4 Å². The monoisotopic (exact) mass is 357 g/mol. The Morgan fingerprint density at radius 1 is 1.24 bits per heavy atom. The molecule has 3 aromatic rings. The van der Waals surface area contributed by atoms with Crippen LogP contribution in [0.5, 0.6) is 0 Å². The maximum atomic E-state index is 12.3. The Morgan fingerprint density at radius 3 is 2.64 bits per heavy atom. The van der Waals surface area contributed by atoms with E-state index < -0.39 is 0 Å². The number of hydrogen-bond acceptors (Lipinski definition) is 5. The molecule has 7 nitrogen and oxygen atoms in total. The molecule has 3 rings (SSSR count). The predicted octanol–water partition coefficient (Wildman–Crippen LogP) is 2.07. The molecule has 0 saturated heterocycles. The van der Waals surface area contributed by atoms with Crippen molar-refractivity contribution in [2.45, 2.75) is 19.0 Å². The minimum Gasteiger partial charge on any atom is -0.343 e. The van der Waals surface area contributed by atoms with E-state index in [0.717, 1.165) is 5.69 Å². The van der Waals surface area contributed by atoms with Gasteiger partial charge in [0.2, 0.25) is 5.91 Å². The molecule has 25 heavy (non-hydrogen) atoms. The Bertz CT molecular complexity index is 931. The Balaban J connectivity index is 1.90. The number of nitrogens with one attached hydrogen (secondary N) is 1. The quantitative estimate of drug-likeness (QED) is 0.539. The molecular weight excluding hydrogens is 338 g/mol. The molecule has 0 saturated carbocycles. The van der Waals surface area contributed by atoms with Crippen LogP contribution in [-0.2, 0) is 4.79 Å². The number of para-hydroxylation sites is 1. The fourth-order valence-electron chi connectivity index (χ4n) is 2.52. The number of H-pyrrole nitrogens is 1. The summed E-state index contributed by atoms with van der Waals surface area (Å²) in [7, 11) is 0. The molecule has 130 valence electrons. The van der Waals surface area contributed by atoms with Gasteiger partial charge in [-0.05, 0) is 26.0 Å². The van der Waals surface area contributed by atoms with Crippen LogP contribution in [0.4, 0.5) is 0 Å². The van der Waals surface area contributed by atoms with E-state index in [1.54, 1.807) is 9.58 Å². The number of aromatic nitrogens is 4. The molecule has 0 fully saturated rings.